The largest absolute Gasteiger partial charge is 0.391 e. The van der Waals surface area contributed by atoms with Crippen molar-refractivity contribution in [2.75, 3.05) is 0 Å². The molecule has 5 heteroatoms. The van der Waals surface area contributed by atoms with Gasteiger partial charge in [0.1, 0.15) is 0 Å². The fourth-order valence-corrected chi connectivity index (χ4v) is 2.63. The second kappa shape index (κ2) is 7.41. The molecule has 0 N–H and O–H groups in total. The van der Waals surface area contributed by atoms with E-state index in [2.05, 4.69) is 25.0 Å². The summed E-state index contributed by atoms with van der Waals surface area (Å²) in [5, 5.41) is 4.53. The molecule has 24 heavy (non-hydrogen) atoms. The number of halogens is 3. The molecule has 1 aromatic heterocycles. The third-order valence-electron chi connectivity index (χ3n) is 4.16. The average Bonchev–Trinajstić information content (AvgIpc) is 2.86. The Morgan fingerprint density at radius 2 is 1.71 bits per heavy atom. The monoisotopic (exact) mass is 338 g/mol. The molecule has 0 saturated heterocycles. The summed E-state index contributed by atoms with van der Waals surface area (Å²) in [6.07, 6.45) is -2.14. The molecule has 0 spiro atoms. The quantitative estimate of drug-likeness (QED) is 0.679. The molecule has 0 radical (unpaired) electrons. The number of aromatic nitrogens is 2. The van der Waals surface area contributed by atoms with Crippen LogP contribution in [0.1, 0.15) is 44.1 Å². The normalized spacial score (nSPS) is 13.5. The molecule has 0 saturated carbocycles. The van der Waals surface area contributed by atoms with Crippen LogP contribution in [0.25, 0.3) is 5.69 Å². The van der Waals surface area contributed by atoms with E-state index < -0.39 is 12.1 Å². The molecule has 1 unspecified atom stereocenters. The maximum Gasteiger partial charge on any atom is 0.391 e. The number of alkyl halides is 3. The predicted octanol–water partition coefficient (Wildman–Crippen LogP) is 5.51. The van der Waals surface area contributed by atoms with Gasteiger partial charge >= 0.3 is 6.18 Å². The van der Waals surface area contributed by atoms with Gasteiger partial charge in [-0.05, 0) is 55.9 Å². The fourth-order valence-electron chi connectivity index (χ4n) is 2.63. The van der Waals surface area contributed by atoms with E-state index in [0.29, 0.717) is 11.5 Å². The zero-order valence-electron chi connectivity index (χ0n) is 14.7. The van der Waals surface area contributed by atoms with E-state index in [-0.39, 0.29) is 6.42 Å². The topological polar surface area (TPSA) is 17.8 Å². The van der Waals surface area contributed by atoms with Gasteiger partial charge < -0.3 is 0 Å². The van der Waals surface area contributed by atoms with Crippen LogP contribution in [0.5, 0.6) is 0 Å². The van der Waals surface area contributed by atoms with Gasteiger partial charge in [0.15, 0.2) is 0 Å². The number of rotatable bonds is 6. The van der Waals surface area contributed by atoms with Crippen LogP contribution in [-0.2, 0) is 12.8 Å². The second-order valence-electron chi connectivity index (χ2n) is 6.93. The SMILES string of the molecule is Cc1cc(CCC(C)C)n(-c2ccc(CC(C)C(F)(F)F)cc2)n1. The van der Waals surface area contributed by atoms with E-state index >= 15 is 0 Å². The van der Waals surface area contributed by atoms with Gasteiger partial charge in [0.25, 0.3) is 0 Å². The van der Waals surface area contributed by atoms with E-state index in [4.69, 9.17) is 0 Å². The van der Waals surface area contributed by atoms with Crippen LogP contribution in [0, 0.1) is 18.8 Å². The molecule has 0 fully saturated rings. The molecule has 0 amide bonds. The van der Waals surface area contributed by atoms with Crippen LogP contribution >= 0.6 is 0 Å². The van der Waals surface area contributed by atoms with Crippen LogP contribution in [0.4, 0.5) is 13.2 Å². The lowest BCUT2D eigenvalue weighted by Crippen LogP contribution is -2.21. The minimum atomic E-state index is -4.15. The molecular weight excluding hydrogens is 313 g/mol. The molecule has 1 atom stereocenters. The Morgan fingerprint density at radius 3 is 2.25 bits per heavy atom. The molecule has 2 aromatic rings. The molecule has 1 aromatic carbocycles. The predicted molar refractivity (Wildman–Crippen MR) is 90.4 cm³/mol. The van der Waals surface area contributed by atoms with Gasteiger partial charge in [-0.15, -0.1) is 0 Å². The fraction of sp³-hybridized carbons (Fsp3) is 0.526. The zero-order chi connectivity index (χ0) is 17.9. The first-order chi connectivity index (χ1) is 11.2. The highest BCUT2D eigenvalue weighted by Crippen LogP contribution is 2.29. The molecule has 1 heterocycles. The molecule has 132 valence electrons. The molecule has 0 aliphatic carbocycles. The van der Waals surface area contributed by atoms with E-state index in [1.165, 1.54) is 6.92 Å². The first kappa shape index (κ1) is 18.6. The highest BCUT2D eigenvalue weighted by molar-refractivity contribution is 5.36. The van der Waals surface area contributed by atoms with E-state index in [0.717, 1.165) is 29.9 Å². The number of benzene rings is 1. The Labute approximate surface area is 141 Å². The van der Waals surface area contributed by atoms with Gasteiger partial charge in [-0.2, -0.15) is 18.3 Å². The van der Waals surface area contributed by atoms with Crippen molar-refractivity contribution in [3.8, 4) is 5.69 Å². The summed E-state index contributed by atoms with van der Waals surface area (Å²) >= 11 is 0. The molecule has 0 bridgehead atoms. The van der Waals surface area contributed by atoms with E-state index in [1.807, 2.05) is 23.7 Å². The number of hydrogen-bond donors (Lipinski definition) is 0. The first-order valence-electron chi connectivity index (χ1n) is 8.38. The molecule has 2 rings (SSSR count). The number of aryl methyl sites for hydroxylation is 2. The van der Waals surface area contributed by atoms with Crippen molar-refractivity contribution in [3.05, 3.63) is 47.3 Å². The molecule has 2 nitrogen and oxygen atoms in total. The van der Waals surface area contributed by atoms with Crippen LogP contribution in [-0.4, -0.2) is 16.0 Å². The smallest absolute Gasteiger partial charge is 0.238 e. The van der Waals surface area contributed by atoms with Crippen molar-refractivity contribution in [1.82, 2.24) is 9.78 Å². The lowest BCUT2D eigenvalue weighted by Gasteiger charge is -2.15. The Bertz CT molecular complexity index is 654. The van der Waals surface area contributed by atoms with Crippen LogP contribution in [0.2, 0.25) is 0 Å². The van der Waals surface area contributed by atoms with Crippen LogP contribution < -0.4 is 0 Å². The van der Waals surface area contributed by atoms with E-state index in [1.54, 1.807) is 12.1 Å². The summed E-state index contributed by atoms with van der Waals surface area (Å²) in [7, 11) is 0. The van der Waals surface area contributed by atoms with Crippen molar-refractivity contribution in [2.45, 2.75) is 53.1 Å². The zero-order valence-corrected chi connectivity index (χ0v) is 14.7. The standard InChI is InChI=1S/C19H25F3N2/c1-13(2)5-8-18-12-15(4)23-24(18)17-9-6-16(7-10-17)11-14(3)19(20,21)22/h6-7,9-10,12-14H,5,8,11H2,1-4H3. The van der Waals surface area contributed by atoms with Gasteiger partial charge in [0.2, 0.25) is 0 Å². The summed E-state index contributed by atoms with van der Waals surface area (Å²) in [5.74, 6) is -0.725. The Hall–Kier alpha value is -1.78. The highest BCUT2D eigenvalue weighted by Gasteiger charge is 2.35. The highest BCUT2D eigenvalue weighted by atomic mass is 19.4. The molecule has 0 aliphatic heterocycles. The lowest BCUT2D eigenvalue weighted by atomic mass is 10.0. The first-order valence-corrected chi connectivity index (χ1v) is 8.38. The van der Waals surface area contributed by atoms with Gasteiger partial charge in [-0.3, -0.25) is 0 Å². The summed E-state index contributed by atoms with van der Waals surface area (Å²) in [4.78, 5) is 0. The third kappa shape index (κ3) is 4.86. The average molecular weight is 338 g/mol. The lowest BCUT2D eigenvalue weighted by molar-refractivity contribution is -0.169. The van der Waals surface area contributed by atoms with Gasteiger partial charge in [-0.25, -0.2) is 4.68 Å². The van der Waals surface area contributed by atoms with Gasteiger partial charge in [-0.1, -0.05) is 32.9 Å². The maximum absolute atomic E-state index is 12.7. The van der Waals surface area contributed by atoms with Crippen molar-refractivity contribution < 1.29 is 13.2 Å². The summed E-state index contributed by atoms with van der Waals surface area (Å²) < 4.78 is 39.9. The Kier molecular flexibility index (Phi) is 5.73. The van der Waals surface area contributed by atoms with Crippen molar-refractivity contribution in [1.29, 1.82) is 0 Å². The summed E-state index contributed by atoms with van der Waals surface area (Å²) in [5.41, 5.74) is 3.67. The minimum absolute atomic E-state index is 0.00210. The maximum atomic E-state index is 12.7. The summed E-state index contributed by atoms with van der Waals surface area (Å²) in [6.45, 7) is 7.54. The molecular formula is C19H25F3N2. The van der Waals surface area contributed by atoms with Crippen molar-refractivity contribution in [2.24, 2.45) is 11.8 Å². The third-order valence-corrected chi connectivity index (χ3v) is 4.16. The molecule has 0 aliphatic rings. The van der Waals surface area contributed by atoms with Crippen molar-refractivity contribution in [3.63, 3.8) is 0 Å². The van der Waals surface area contributed by atoms with Crippen LogP contribution in [0.3, 0.4) is 0 Å². The van der Waals surface area contributed by atoms with Crippen molar-refractivity contribution >= 4 is 0 Å². The van der Waals surface area contributed by atoms with Gasteiger partial charge in [0, 0.05) is 5.69 Å². The Morgan fingerprint density at radius 1 is 1.08 bits per heavy atom. The second-order valence-corrected chi connectivity index (χ2v) is 6.93. The Balaban J connectivity index is 2.16. The van der Waals surface area contributed by atoms with E-state index in [9.17, 15) is 13.2 Å². The van der Waals surface area contributed by atoms with Gasteiger partial charge in [0.05, 0.1) is 17.3 Å². The summed E-state index contributed by atoms with van der Waals surface area (Å²) in [6, 6.07) is 9.30. The van der Waals surface area contributed by atoms with Crippen LogP contribution in [0.15, 0.2) is 30.3 Å². The number of hydrogen-bond acceptors (Lipinski definition) is 1. The number of nitrogens with zero attached hydrogens (tertiary/aromatic N) is 2. The minimum Gasteiger partial charge on any atom is -0.238 e.